The van der Waals surface area contributed by atoms with Crippen molar-refractivity contribution >= 4 is 28.9 Å². The second-order valence-corrected chi connectivity index (χ2v) is 8.63. The average Bonchev–Trinajstić information content (AvgIpc) is 3.11. The number of para-hydroxylation sites is 1. The van der Waals surface area contributed by atoms with Gasteiger partial charge in [-0.2, -0.15) is 5.26 Å². The largest absolute Gasteiger partial charge is 0.378 e. The summed E-state index contributed by atoms with van der Waals surface area (Å²) >= 11 is 1.17. The fraction of sp³-hybridized carbons (Fsp3) is 0.240. The lowest BCUT2D eigenvalue weighted by Crippen LogP contribution is -2.42. The second kappa shape index (κ2) is 9.35. The topological polar surface area (TPSA) is 75.3 Å². The molecule has 7 heteroatoms. The molecule has 32 heavy (non-hydrogen) atoms. The number of aromatic nitrogens is 1. The van der Waals surface area contributed by atoms with Gasteiger partial charge in [-0.25, -0.2) is 0 Å². The van der Waals surface area contributed by atoms with Gasteiger partial charge in [0.05, 0.1) is 23.4 Å². The smallest absolute Gasteiger partial charge is 0.273 e. The fourth-order valence-electron chi connectivity index (χ4n) is 3.82. The molecule has 0 radical (unpaired) electrons. The van der Waals surface area contributed by atoms with Gasteiger partial charge < -0.3 is 9.64 Å². The summed E-state index contributed by atoms with van der Waals surface area (Å²) in [6, 6.07) is 17.4. The number of nitriles is 1. The van der Waals surface area contributed by atoms with E-state index in [9.17, 15) is 14.9 Å². The SMILES string of the molecule is Cc1cccc(C)c1-n1c(=O)/c(=C\c2ccccc2)s/c1=C(/C#N)C(=O)N1CCOCC1. The molecule has 0 unspecified atom stereocenters. The standard InChI is InChI=1S/C25H23N3O3S/c1-17-7-6-8-18(2)22(17)28-24(30)21(15-19-9-4-3-5-10-19)32-25(28)20(16-26)23(29)27-11-13-31-14-12-27/h3-10,15H,11-14H2,1-2H3/b21-15+,25-20-. The molecule has 4 rings (SSSR count). The van der Waals surface area contributed by atoms with E-state index in [0.717, 1.165) is 16.7 Å². The molecule has 1 amide bonds. The molecule has 2 heterocycles. The Bertz CT molecular complexity index is 1350. The van der Waals surface area contributed by atoms with E-state index in [4.69, 9.17) is 4.74 Å². The number of amides is 1. The van der Waals surface area contributed by atoms with E-state index in [0.29, 0.717) is 41.2 Å². The molecule has 0 bridgehead atoms. The molecule has 1 saturated heterocycles. The van der Waals surface area contributed by atoms with Crippen molar-refractivity contribution in [2.75, 3.05) is 26.3 Å². The number of benzene rings is 2. The van der Waals surface area contributed by atoms with Crippen molar-refractivity contribution in [3.05, 3.63) is 84.8 Å². The number of hydrogen-bond donors (Lipinski definition) is 0. The molecule has 6 nitrogen and oxygen atoms in total. The Hall–Kier alpha value is -3.47. The molecule has 1 aliphatic rings. The molecule has 0 aliphatic carbocycles. The Kier molecular flexibility index (Phi) is 6.35. The van der Waals surface area contributed by atoms with Gasteiger partial charge in [0, 0.05) is 13.1 Å². The maximum absolute atomic E-state index is 13.6. The van der Waals surface area contributed by atoms with E-state index >= 15 is 0 Å². The molecule has 3 aromatic rings. The summed E-state index contributed by atoms with van der Waals surface area (Å²) in [5.41, 5.74) is 3.11. The summed E-state index contributed by atoms with van der Waals surface area (Å²) in [6.45, 7) is 5.56. The molecule has 2 aromatic carbocycles. The number of rotatable bonds is 3. The lowest BCUT2D eigenvalue weighted by atomic mass is 10.1. The molecular weight excluding hydrogens is 422 g/mol. The molecule has 0 atom stereocenters. The third-order valence-electron chi connectivity index (χ3n) is 5.42. The minimum absolute atomic E-state index is 0.0237. The monoisotopic (exact) mass is 445 g/mol. The van der Waals surface area contributed by atoms with E-state index in [-0.39, 0.29) is 17.0 Å². The highest BCUT2D eigenvalue weighted by Crippen LogP contribution is 2.16. The molecule has 1 fully saturated rings. The van der Waals surface area contributed by atoms with Gasteiger partial charge in [0.25, 0.3) is 11.5 Å². The molecule has 1 aromatic heterocycles. The van der Waals surface area contributed by atoms with E-state index in [2.05, 4.69) is 6.07 Å². The van der Waals surface area contributed by atoms with Crippen LogP contribution in [0.25, 0.3) is 17.3 Å². The Balaban J connectivity index is 2.05. The van der Waals surface area contributed by atoms with Crippen LogP contribution in [-0.2, 0) is 9.53 Å². The highest BCUT2D eigenvalue weighted by atomic mass is 32.1. The van der Waals surface area contributed by atoms with Gasteiger partial charge in [-0.1, -0.05) is 48.5 Å². The first-order valence-corrected chi connectivity index (χ1v) is 11.2. The highest BCUT2D eigenvalue weighted by Gasteiger charge is 2.24. The minimum Gasteiger partial charge on any atom is -0.378 e. The number of thiazole rings is 1. The summed E-state index contributed by atoms with van der Waals surface area (Å²) < 4.78 is 7.69. The minimum atomic E-state index is -0.372. The van der Waals surface area contributed by atoms with Crippen molar-refractivity contribution in [2.24, 2.45) is 0 Å². The van der Waals surface area contributed by atoms with Gasteiger partial charge in [0.2, 0.25) is 0 Å². The van der Waals surface area contributed by atoms with Crippen LogP contribution in [0.4, 0.5) is 0 Å². The molecule has 0 saturated carbocycles. The second-order valence-electron chi connectivity index (χ2n) is 7.60. The fourth-order valence-corrected chi connectivity index (χ4v) is 4.91. The van der Waals surface area contributed by atoms with Crippen LogP contribution in [0.5, 0.6) is 0 Å². The van der Waals surface area contributed by atoms with Crippen LogP contribution in [0, 0.1) is 25.2 Å². The van der Waals surface area contributed by atoms with Crippen LogP contribution in [-0.4, -0.2) is 41.7 Å². The number of hydrogen-bond acceptors (Lipinski definition) is 5. The third kappa shape index (κ3) is 4.15. The molecule has 1 aliphatic heterocycles. The van der Waals surface area contributed by atoms with Gasteiger partial charge in [-0.3, -0.25) is 14.2 Å². The Morgan fingerprint density at radius 2 is 1.72 bits per heavy atom. The maximum atomic E-state index is 13.6. The number of aryl methyl sites for hydroxylation is 2. The molecular formula is C25H23N3O3S. The van der Waals surface area contributed by atoms with Gasteiger partial charge in [0.1, 0.15) is 10.7 Å². The van der Waals surface area contributed by atoms with Gasteiger partial charge in [-0.15, -0.1) is 11.3 Å². The zero-order valence-electron chi connectivity index (χ0n) is 18.0. The van der Waals surface area contributed by atoms with E-state index in [1.54, 1.807) is 11.0 Å². The van der Waals surface area contributed by atoms with Crippen molar-refractivity contribution in [1.29, 1.82) is 5.26 Å². The summed E-state index contributed by atoms with van der Waals surface area (Å²) in [5, 5.41) is 10.00. The van der Waals surface area contributed by atoms with Gasteiger partial charge in [0.15, 0.2) is 5.57 Å². The van der Waals surface area contributed by atoms with Crippen LogP contribution in [0.1, 0.15) is 16.7 Å². The van der Waals surface area contributed by atoms with Crippen LogP contribution in [0.2, 0.25) is 0 Å². The molecule has 0 N–H and O–H groups in total. The van der Waals surface area contributed by atoms with Crippen molar-refractivity contribution in [3.63, 3.8) is 0 Å². The summed E-state index contributed by atoms with van der Waals surface area (Å²) in [4.78, 5) is 28.5. The normalized spacial score (nSPS) is 15.4. The Morgan fingerprint density at radius 3 is 2.34 bits per heavy atom. The predicted molar refractivity (Wildman–Crippen MR) is 125 cm³/mol. The first-order chi connectivity index (χ1) is 15.5. The molecule has 0 spiro atoms. The van der Waals surface area contributed by atoms with Gasteiger partial charge >= 0.3 is 0 Å². The predicted octanol–water partition coefficient (Wildman–Crippen LogP) is 1.88. The van der Waals surface area contributed by atoms with Crippen molar-refractivity contribution in [2.45, 2.75) is 13.8 Å². The van der Waals surface area contributed by atoms with Crippen LogP contribution in [0.3, 0.4) is 0 Å². The summed E-state index contributed by atoms with van der Waals surface area (Å²) in [7, 11) is 0. The van der Waals surface area contributed by atoms with Crippen molar-refractivity contribution in [3.8, 4) is 11.8 Å². The Labute approximate surface area is 189 Å². The lowest BCUT2D eigenvalue weighted by Gasteiger charge is -2.26. The first-order valence-electron chi connectivity index (χ1n) is 10.4. The summed E-state index contributed by atoms with van der Waals surface area (Å²) in [6.07, 6.45) is 1.80. The molecule has 162 valence electrons. The van der Waals surface area contributed by atoms with E-state index < -0.39 is 0 Å². The Morgan fingerprint density at radius 1 is 1.06 bits per heavy atom. The summed E-state index contributed by atoms with van der Waals surface area (Å²) in [5.74, 6) is -0.372. The first kappa shape index (κ1) is 21.8. The highest BCUT2D eigenvalue weighted by molar-refractivity contribution is 7.07. The average molecular weight is 446 g/mol. The van der Waals surface area contributed by atoms with Crippen LogP contribution >= 0.6 is 11.3 Å². The van der Waals surface area contributed by atoms with Crippen molar-refractivity contribution < 1.29 is 9.53 Å². The van der Waals surface area contributed by atoms with Crippen LogP contribution in [0.15, 0.2) is 53.3 Å². The van der Waals surface area contributed by atoms with Crippen LogP contribution < -0.4 is 14.8 Å². The zero-order valence-corrected chi connectivity index (χ0v) is 18.8. The number of nitrogens with zero attached hydrogens (tertiary/aromatic N) is 3. The number of carbonyl (C=O) groups is 1. The van der Waals surface area contributed by atoms with E-state index in [1.165, 1.54) is 15.9 Å². The van der Waals surface area contributed by atoms with E-state index in [1.807, 2.05) is 62.4 Å². The van der Waals surface area contributed by atoms with Gasteiger partial charge in [-0.05, 0) is 36.6 Å². The quantitative estimate of drug-likeness (QED) is 0.617. The number of ether oxygens (including phenoxy) is 1. The zero-order chi connectivity index (χ0) is 22.7. The number of morpholine rings is 1. The lowest BCUT2D eigenvalue weighted by molar-refractivity contribution is -0.128. The maximum Gasteiger partial charge on any atom is 0.273 e. The third-order valence-corrected chi connectivity index (χ3v) is 6.51. The van der Waals surface area contributed by atoms with Crippen molar-refractivity contribution in [1.82, 2.24) is 9.47 Å². The number of carbonyl (C=O) groups excluding carboxylic acids is 1.